The molecule has 4 amide bonds. The summed E-state index contributed by atoms with van der Waals surface area (Å²) >= 11 is 0. The normalized spacial score (nSPS) is 12.8. The monoisotopic (exact) mass is 1840 g/mol. The standard InChI is InChI=1S/C47H85NO13.C38H65NO8.C13H25NO7/c1-46(2,3)60-44(54)26-22-20-18-16-14-12-10-8-7-9-11-13-15-17-19-21-24-40(49)36-39(45(55)61-47(4,5)6)27-28-42(51)48-29-31-57-33-34-58-37-41(50)25-23-30-56-32-35-59-38-43(52)53;1-37(2,3)46-35(44)24-22-20-18-16-14-12-10-8-7-9-11-13-15-17-19-21-23-31(40)29-30(36(45)47-38(4,5)6)25-26-32(41)39-33(42)27-28-34(39)43;14-3-5-19-7-8-20-10-12(15)2-1-4-18-6-9-21-11-13(16)17/h39H,7-38H2,1-6H3,(H,48,51)(H,52,53);30H,7-29H2,1-6H3;1-11,14H2,(H,16,17)/t39-;30-;/m11./s1. The molecule has 1 rings (SSSR count). The summed E-state index contributed by atoms with van der Waals surface area (Å²) in [4.78, 5) is 168. The SMILES string of the molecule is CC(C)(C)OC(=O)CCCCCCCCCCCCCCCCCCC(=O)C[C@@H](CCC(=O)N1C(=O)CCC1=O)C(=O)OC(C)(C)C.CC(C)(C)OC(=O)CCCCCCCCCCCCCCCCCCC(=O)C[C@@H](CCC(=O)NCCOCCOCC(=O)CCCOCCOCC(=O)O)C(=O)OC(C)(C)C.NCCOCCOCC(=O)CCCOCCOCC(=O)O. The van der Waals surface area contributed by atoms with E-state index in [1.165, 1.54) is 141 Å². The van der Waals surface area contributed by atoms with Crippen LogP contribution in [0.15, 0.2) is 0 Å². The zero-order valence-electron chi connectivity index (χ0n) is 81.9. The Hall–Kier alpha value is -6.58. The van der Waals surface area contributed by atoms with Gasteiger partial charge in [-0.15, -0.1) is 0 Å². The van der Waals surface area contributed by atoms with Crippen molar-refractivity contribution in [2.75, 3.05) is 119 Å². The van der Waals surface area contributed by atoms with Crippen LogP contribution in [0.5, 0.6) is 0 Å². The average Bonchev–Trinajstić information content (AvgIpc) is 1.73. The van der Waals surface area contributed by atoms with E-state index in [0.29, 0.717) is 102 Å². The van der Waals surface area contributed by atoms with Gasteiger partial charge < -0.3 is 78.1 Å². The van der Waals surface area contributed by atoms with Crippen molar-refractivity contribution in [3.8, 4) is 0 Å². The minimum absolute atomic E-state index is 0.0000627. The fourth-order valence-corrected chi connectivity index (χ4v) is 13.5. The summed E-state index contributed by atoms with van der Waals surface area (Å²) in [6.45, 7) is 26.0. The topological polar surface area (TPSA) is 431 Å². The van der Waals surface area contributed by atoms with Crippen LogP contribution in [-0.2, 0) is 124 Å². The van der Waals surface area contributed by atoms with E-state index in [-0.39, 0.29) is 165 Å². The first-order chi connectivity index (χ1) is 61.2. The Labute approximate surface area is 773 Å². The van der Waals surface area contributed by atoms with Crippen molar-refractivity contribution in [2.45, 2.75) is 414 Å². The lowest BCUT2D eigenvalue weighted by atomic mass is 9.94. The van der Waals surface area contributed by atoms with Gasteiger partial charge in [-0.05, 0) is 134 Å². The summed E-state index contributed by atoms with van der Waals surface area (Å²) in [5, 5.41) is 19.6. The summed E-state index contributed by atoms with van der Waals surface area (Å²) in [6, 6.07) is 0. The van der Waals surface area contributed by atoms with Gasteiger partial charge in [0.2, 0.25) is 23.6 Å². The second-order valence-electron chi connectivity index (χ2n) is 37.4. The molecule has 0 aromatic rings. The number of hydrogen-bond donors (Lipinski definition) is 4. The van der Waals surface area contributed by atoms with Gasteiger partial charge >= 0.3 is 35.8 Å². The number of esters is 4. The van der Waals surface area contributed by atoms with E-state index in [0.717, 1.165) is 64.2 Å². The number of aliphatic carboxylic acids is 2. The van der Waals surface area contributed by atoms with Crippen molar-refractivity contribution < 1.29 is 134 Å². The molecule has 0 aromatic carbocycles. The van der Waals surface area contributed by atoms with Gasteiger partial charge in [0.25, 0.3) is 0 Å². The number of ketones is 4. The van der Waals surface area contributed by atoms with Crippen LogP contribution >= 0.6 is 0 Å². The van der Waals surface area contributed by atoms with Crippen molar-refractivity contribution in [2.24, 2.45) is 17.6 Å². The highest BCUT2D eigenvalue weighted by Crippen LogP contribution is 2.26. The Morgan fingerprint density at radius 2 is 0.574 bits per heavy atom. The van der Waals surface area contributed by atoms with Crippen LogP contribution in [0, 0.1) is 11.8 Å². The molecule has 1 aliphatic heterocycles. The van der Waals surface area contributed by atoms with Gasteiger partial charge in [-0.25, -0.2) is 14.5 Å². The van der Waals surface area contributed by atoms with Gasteiger partial charge in [0.1, 0.15) is 60.4 Å². The molecule has 31 nitrogen and oxygen atoms in total. The number of nitrogens with one attached hydrogen (secondary N) is 1. The largest absolute Gasteiger partial charge is 0.480 e. The molecule has 129 heavy (non-hydrogen) atoms. The van der Waals surface area contributed by atoms with Crippen LogP contribution in [0.4, 0.5) is 0 Å². The zero-order valence-corrected chi connectivity index (χ0v) is 81.9. The Balaban J connectivity index is 0. The molecule has 0 saturated carbocycles. The van der Waals surface area contributed by atoms with Gasteiger partial charge in [-0.3, -0.25) is 57.5 Å². The predicted octanol–water partition coefficient (Wildman–Crippen LogP) is 16.8. The third-order valence-corrected chi connectivity index (χ3v) is 20.0. The van der Waals surface area contributed by atoms with Gasteiger partial charge in [0.05, 0.1) is 77.9 Å². The number of carbonyl (C=O) groups excluding carboxylic acids is 12. The number of imide groups is 3. The number of amides is 4. The van der Waals surface area contributed by atoms with E-state index in [2.05, 4.69) is 5.32 Å². The van der Waals surface area contributed by atoms with Crippen LogP contribution in [0.1, 0.15) is 391 Å². The van der Waals surface area contributed by atoms with Crippen LogP contribution < -0.4 is 11.1 Å². The van der Waals surface area contributed by atoms with Gasteiger partial charge in [-0.1, -0.05) is 180 Å². The lowest BCUT2D eigenvalue weighted by Gasteiger charge is -2.24. The number of carboxylic acid groups (broad SMARTS) is 2. The van der Waals surface area contributed by atoms with Crippen LogP contribution in [0.3, 0.4) is 0 Å². The number of nitrogens with zero attached hydrogens (tertiary/aromatic N) is 1. The van der Waals surface area contributed by atoms with Gasteiger partial charge in [0.15, 0.2) is 11.6 Å². The van der Waals surface area contributed by atoms with Crippen molar-refractivity contribution >= 4 is 82.6 Å². The third-order valence-electron chi connectivity index (χ3n) is 20.0. The fourth-order valence-electron chi connectivity index (χ4n) is 13.5. The Morgan fingerprint density at radius 1 is 0.310 bits per heavy atom. The van der Waals surface area contributed by atoms with Crippen molar-refractivity contribution in [1.29, 1.82) is 0 Å². The van der Waals surface area contributed by atoms with Gasteiger partial charge in [0, 0.05) is 103 Å². The number of unbranched alkanes of at least 4 members (excludes halogenated alkanes) is 30. The van der Waals surface area contributed by atoms with Crippen LogP contribution in [0.25, 0.3) is 0 Å². The highest BCUT2D eigenvalue weighted by Gasteiger charge is 2.36. The second kappa shape index (κ2) is 81.0. The first-order valence-corrected chi connectivity index (χ1v) is 48.6. The number of rotatable bonds is 83. The first-order valence-electron chi connectivity index (χ1n) is 48.6. The van der Waals surface area contributed by atoms with Gasteiger partial charge in [-0.2, -0.15) is 0 Å². The van der Waals surface area contributed by atoms with E-state index in [1.807, 2.05) is 41.5 Å². The smallest absolute Gasteiger partial charge is 0.329 e. The predicted molar refractivity (Wildman–Crippen MR) is 493 cm³/mol. The third kappa shape index (κ3) is 89.1. The molecule has 0 radical (unpaired) electrons. The molecule has 1 fully saturated rings. The number of likely N-dealkylation sites (tertiary alicyclic amines) is 1. The van der Waals surface area contributed by atoms with Crippen molar-refractivity contribution in [1.82, 2.24) is 10.2 Å². The number of Topliss-reactive ketones (excluding diaryl/α,β-unsaturated/α-hetero) is 4. The molecule has 0 bridgehead atoms. The first kappa shape index (κ1) is 124. The maximum atomic E-state index is 12.9. The molecule has 1 saturated heterocycles. The molecule has 0 spiro atoms. The van der Waals surface area contributed by atoms with E-state index in [9.17, 15) is 67.1 Å². The molecule has 0 aliphatic carbocycles. The minimum Gasteiger partial charge on any atom is -0.480 e. The molecule has 31 heteroatoms. The summed E-state index contributed by atoms with van der Waals surface area (Å²) in [7, 11) is 0. The summed E-state index contributed by atoms with van der Waals surface area (Å²) in [5.74, 6) is -6.56. The van der Waals surface area contributed by atoms with Crippen molar-refractivity contribution in [3.05, 3.63) is 0 Å². The second-order valence-corrected chi connectivity index (χ2v) is 37.4. The lowest BCUT2D eigenvalue weighted by molar-refractivity contribution is -0.162. The maximum absolute atomic E-state index is 12.9. The van der Waals surface area contributed by atoms with Crippen LogP contribution in [0.2, 0.25) is 0 Å². The highest BCUT2D eigenvalue weighted by atomic mass is 16.6. The quantitative estimate of drug-likeness (QED) is 0.0190. The molecule has 2 atom stereocenters. The lowest BCUT2D eigenvalue weighted by Crippen LogP contribution is -2.36. The van der Waals surface area contributed by atoms with E-state index >= 15 is 0 Å². The molecule has 750 valence electrons. The molecule has 5 N–H and O–H groups in total. The number of carboxylic acids is 2. The highest BCUT2D eigenvalue weighted by molar-refractivity contribution is 6.15. The molecular weight excluding hydrogens is 1670 g/mol. The fraction of sp³-hybridized carbons (Fsp3) is 0.857. The van der Waals surface area contributed by atoms with E-state index in [1.54, 1.807) is 41.5 Å². The number of ether oxygens (including phenoxy) is 12. The number of carbonyl (C=O) groups is 14. The van der Waals surface area contributed by atoms with Crippen LogP contribution in [-0.4, -0.2) is 239 Å². The van der Waals surface area contributed by atoms with Crippen molar-refractivity contribution in [3.63, 3.8) is 0 Å². The molecule has 1 heterocycles. The number of hydrogen-bond acceptors (Lipinski definition) is 27. The molecule has 0 aromatic heterocycles. The Bertz CT molecular complexity index is 2990. The number of nitrogens with two attached hydrogens (primary N) is 1. The zero-order chi connectivity index (χ0) is 96.7. The Kier molecular flexibility index (Phi) is 78.2. The van der Waals surface area contributed by atoms with E-state index < -0.39 is 75.8 Å². The molecule has 0 unspecified atom stereocenters. The summed E-state index contributed by atoms with van der Waals surface area (Å²) < 4.78 is 62.9. The summed E-state index contributed by atoms with van der Waals surface area (Å²) in [5.41, 5.74) is 3.04. The van der Waals surface area contributed by atoms with E-state index in [4.69, 9.17) is 72.8 Å². The molecule has 1 aliphatic rings. The summed E-state index contributed by atoms with van der Waals surface area (Å²) in [6.07, 6.45) is 41.4. The average molecular weight is 1840 g/mol. The molecular formula is C98H175N3O28. The Morgan fingerprint density at radius 3 is 0.876 bits per heavy atom. The minimum atomic E-state index is -1.04. The maximum Gasteiger partial charge on any atom is 0.329 e.